The molecule has 3 nitrogen and oxygen atoms in total. The van der Waals surface area contributed by atoms with Crippen molar-refractivity contribution in [3.8, 4) is 0 Å². The van der Waals surface area contributed by atoms with Gasteiger partial charge >= 0.3 is 0 Å². The summed E-state index contributed by atoms with van der Waals surface area (Å²) in [4.78, 5) is 4.57. The summed E-state index contributed by atoms with van der Waals surface area (Å²) >= 11 is 1.70. The van der Waals surface area contributed by atoms with Gasteiger partial charge in [0.15, 0.2) is 5.13 Å². The van der Waals surface area contributed by atoms with Crippen LogP contribution >= 0.6 is 11.3 Å². The molecular formula is C12H21N3S. The van der Waals surface area contributed by atoms with E-state index in [0.717, 1.165) is 11.6 Å². The second kappa shape index (κ2) is 5.15. The highest BCUT2D eigenvalue weighted by atomic mass is 32.1. The summed E-state index contributed by atoms with van der Waals surface area (Å²) in [5.41, 5.74) is 7.23. The summed E-state index contributed by atoms with van der Waals surface area (Å²) in [6, 6.07) is 0. The monoisotopic (exact) mass is 239 g/mol. The summed E-state index contributed by atoms with van der Waals surface area (Å²) in [7, 11) is 0. The van der Waals surface area contributed by atoms with Crippen molar-refractivity contribution >= 4 is 16.5 Å². The molecule has 0 saturated heterocycles. The first-order chi connectivity index (χ1) is 7.78. The zero-order valence-electron chi connectivity index (χ0n) is 9.96. The minimum absolute atomic E-state index is 0.112. The molecule has 1 aromatic heterocycles. The lowest BCUT2D eigenvalue weighted by molar-refractivity contribution is 0.331. The van der Waals surface area contributed by atoms with E-state index in [2.05, 4.69) is 22.6 Å². The minimum Gasteiger partial charge on any atom is -0.355 e. The second-order valence-electron chi connectivity index (χ2n) is 4.67. The van der Waals surface area contributed by atoms with Crippen molar-refractivity contribution in [2.45, 2.75) is 51.0 Å². The van der Waals surface area contributed by atoms with Crippen molar-refractivity contribution < 1.29 is 0 Å². The first-order valence-corrected chi connectivity index (χ1v) is 7.08. The Kier molecular flexibility index (Phi) is 3.82. The topological polar surface area (TPSA) is 50.9 Å². The summed E-state index contributed by atoms with van der Waals surface area (Å²) in [6.45, 7) is 2.85. The van der Waals surface area contributed by atoms with Crippen molar-refractivity contribution in [1.29, 1.82) is 0 Å². The van der Waals surface area contributed by atoms with E-state index in [0.29, 0.717) is 6.54 Å². The molecule has 0 spiro atoms. The van der Waals surface area contributed by atoms with Crippen LogP contribution in [0.3, 0.4) is 0 Å². The van der Waals surface area contributed by atoms with Crippen molar-refractivity contribution in [3.63, 3.8) is 0 Å². The van der Waals surface area contributed by atoms with E-state index < -0.39 is 0 Å². The number of anilines is 1. The fourth-order valence-corrected chi connectivity index (χ4v) is 3.27. The van der Waals surface area contributed by atoms with Gasteiger partial charge in [0.25, 0.3) is 0 Å². The maximum absolute atomic E-state index is 5.94. The van der Waals surface area contributed by atoms with E-state index in [9.17, 15) is 0 Å². The molecule has 4 heteroatoms. The Labute approximate surface area is 101 Å². The summed E-state index contributed by atoms with van der Waals surface area (Å²) in [5.74, 6) is 0. The predicted molar refractivity (Wildman–Crippen MR) is 70.0 cm³/mol. The molecule has 2 rings (SSSR count). The van der Waals surface area contributed by atoms with Gasteiger partial charge in [-0.2, -0.15) is 0 Å². The average molecular weight is 239 g/mol. The lowest BCUT2D eigenvalue weighted by Crippen LogP contribution is -2.46. The molecule has 90 valence electrons. The molecule has 0 unspecified atom stereocenters. The normalized spacial score (nSPS) is 19.6. The van der Waals surface area contributed by atoms with Gasteiger partial charge in [0.05, 0.1) is 11.2 Å². The van der Waals surface area contributed by atoms with Crippen LogP contribution in [0.4, 0.5) is 5.13 Å². The van der Waals surface area contributed by atoms with E-state index in [4.69, 9.17) is 5.73 Å². The standard InChI is InChI=1S/C12H21N3S/c1-2-10-8-16-11(14-10)15-12(9-13)6-4-3-5-7-12/h8H,2-7,9,13H2,1H3,(H,14,15). The zero-order chi connectivity index (χ0) is 11.4. The molecule has 0 bridgehead atoms. The SMILES string of the molecule is CCc1csc(NC2(CN)CCCCC2)n1. The Morgan fingerprint density at radius 3 is 2.75 bits per heavy atom. The molecule has 1 aliphatic carbocycles. The number of aryl methyl sites for hydroxylation is 1. The number of nitrogens with one attached hydrogen (secondary N) is 1. The Hall–Kier alpha value is -0.610. The number of hydrogen-bond donors (Lipinski definition) is 2. The lowest BCUT2D eigenvalue weighted by Gasteiger charge is -2.37. The van der Waals surface area contributed by atoms with Crippen LogP contribution in [0.15, 0.2) is 5.38 Å². The molecule has 0 aromatic carbocycles. The van der Waals surface area contributed by atoms with Gasteiger partial charge < -0.3 is 11.1 Å². The third-order valence-electron chi connectivity index (χ3n) is 3.49. The van der Waals surface area contributed by atoms with Crippen LogP contribution in [0.2, 0.25) is 0 Å². The number of rotatable bonds is 4. The van der Waals surface area contributed by atoms with Gasteiger partial charge in [0, 0.05) is 11.9 Å². The number of hydrogen-bond acceptors (Lipinski definition) is 4. The molecule has 1 aromatic rings. The summed E-state index contributed by atoms with van der Waals surface area (Å²) < 4.78 is 0. The average Bonchev–Trinajstić information content (AvgIpc) is 2.78. The smallest absolute Gasteiger partial charge is 0.183 e. The molecule has 0 amide bonds. The highest BCUT2D eigenvalue weighted by Gasteiger charge is 2.31. The fourth-order valence-electron chi connectivity index (χ4n) is 2.36. The van der Waals surface area contributed by atoms with Crippen molar-refractivity contribution in [2.75, 3.05) is 11.9 Å². The molecule has 3 N–H and O–H groups in total. The summed E-state index contributed by atoms with van der Waals surface area (Å²) in [5, 5.41) is 6.76. The molecule has 0 aliphatic heterocycles. The van der Waals surface area contributed by atoms with Crippen LogP contribution in [0, 0.1) is 0 Å². The first kappa shape index (κ1) is 11.9. The zero-order valence-corrected chi connectivity index (χ0v) is 10.8. The number of aromatic nitrogens is 1. The van der Waals surface area contributed by atoms with Crippen molar-refractivity contribution in [3.05, 3.63) is 11.1 Å². The van der Waals surface area contributed by atoms with Crippen LogP contribution in [0.25, 0.3) is 0 Å². The van der Waals surface area contributed by atoms with E-state index in [1.807, 2.05) is 0 Å². The summed E-state index contributed by atoms with van der Waals surface area (Å²) in [6.07, 6.45) is 7.30. The van der Waals surface area contributed by atoms with Crippen LogP contribution in [0.5, 0.6) is 0 Å². The third-order valence-corrected chi connectivity index (χ3v) is 4.29. The molecule has 1 saturated carbocycles. The van der Waals surface area contributed by atoms with Gasteiger partial charge in [-0.25, -0.2) is 4.98 Å². The minimum atomic E-state index is 0.112. The van der Waals surface area contributed by atoms with Gasteiger partial charge in [-0.3, -0.25) is 0 Å². The van der Waals surface area contributed by atoms with Crippen LogP contribution in [-0.4, -0.2) is 17.1 Å². The predicted octanol–water partition coefficient (Wildman–Crippen LogP) is 2.78. The Morgan fingerprint density at radius 1 is 1.44 bits per heavy atom. The maximum atomic E-state index is 5.94. The molecular weight excluding hydrogens is 218 g/mol. The maximum Gasteiger partial charge on any atom is 0.183 e. The van der Waals surface area contributed by atoms with Gasteiger partial charge in [-0.05, 0) is 19.3 Å². The third kappa shape index (κ3) is 2.55. The molecule has 1 heterocycles. The van der Waals surface area contributed by atoms with Gasteiger partial charge in [0.2, 0.25) is 0 Å². The van der Waals surface area contributed by atoms with E-state index in [1.165, 1.54) is 37.8 Å². The van der Waals surface area contributed by atoms with Gasteiger partial charge in [-0.1, -0.05) is 26.2 Å². The van der Waals surface area contributed by atoms with Crippen LogP contribution in [0.1, 0.15) is 44.7 Å². The fraction of sp³-hybridized carbons (Fsp3) is 0.750. The second-order valence-corrected chi connectivity index (χ2v) is 5.53. The highest BCUT2D eigenvalue weighted by molar-refractivity contribution is 7.13. The Morgan fingerprint density at radius 2 is 2.19 bits per heavy atom. The largest absolute Gasteiger partial charge is 0.355 e. The van der Waals surface area contributed by atoms with E-state index in [-0.39, 0.29) is 5.54 Å². The highest BCUT2D eigenvalue weighted by Crippen LogP contribution is 2.31. The van der Waals surface area contributed by atoms with E-state index in [1.54, 1.807) is 11.3 Å². The first-order valence-electron chi connectivity index (χ1n) is 6.21. The quantitative estimate of drug-likeness (QED) is 0.849. The van der Waals surface area contributed by atoms with Gasteiger partial charge in [-0.15, -0.1) is 11.3 Å². The number of nitrogens with zero attached hydrogens (tertiary/aromatic N) is 1. The van der Waals surface area contributed by atoms with Crippen molar-refractivity contribution in [2.24, 2.45) is 5.73 Å². The molecule has 16 heavy (non-hydrogen) atoms. The molecule has 0 radical (unpaired) electrons. The van der Waals surface area contributed by atoms with E-state index >= 15 is 0 Å². The van der Waals surface area contributed by atoms with Gasteiger partial charge in [0.1, 0.15) is 0 Å². The molecule has 1 fully saturated rings. The van der Waals surface area contributed by atoms with Crippen LogP contribution in [-0.2, 0) is 6.42 Å². The number of nitrogens with two attached hydrogens (primary N) is 1. The van der Waals surface area contributed by atoms with Crippen LogP contribution < -0.4 is 11.1 Å². The Balaban J connectivity index is 2.05. The van der Waals surface area contributed by atoms with Crippen molar-refractivity contribution in [1.82, 2.24) is 4.98 Å². The molecule has 1 aliphatic rings. The number of thiazole rings is 1. The lowest BCUT2D eigenvalue weighted by atomic mass is 9.82. The molecule has 0 atom stereocenters. The Bertz CT molecular complexity index is 329.